The lowest BCUT2D eigenvalue weighted by Gasteiger charge is -2.10. The minimum Gasteiger partial charge on any atom is -0.236 e. The molecule has 0 N–H and O–H groups in total. The van der Waals surface area contributed by atoms with Gasteiger partial charge in [-0.2, -0.15) is 13.2 Å². The van der Waals surface area contributed by atoms with E-state index in [4.69, 9.17) is 11.6 Å². The van der Waals surface area contributed by atoms with Gasteiger partial charge in [0, 0.05) is 11.6 Å². The van der Waals surface area contributed by atoms with Crippen LogP contribution in [0, 0.1) is 17.5 Å². The summed E-state index contributed by atoms with van der Waals surface area (Å²) < 4.78 is 77.1. The molecule has 8 heteroatoms. The Bertz CT molecular complexity index is 668. The van der Waals surface area contributed by atoms with Crippen LogP contribution in [0.2, 0.25) is 5.15 Å². The van der Waals surface area contributed by atoms with Crippen molar-refractivity contribution in [1.82, 2.24) is 4.98 Å². The van der Waals surface area contributed by atoms with E-state index in [0.717, 1.165) is 0 Å². The maximum atomic E-state index is 13.5. The molecule has 2 aromatic rings. The third kappa shape index (κ3) is 2.87. The molecule has 0 saturated carbocycles. The normalized spacial score (nSPS) is 11.8. The van der Waals surface area contributed by atoms with Gasteiger partial charge in [-0.25, -0.2) is 18.2 Å². The number of rotatable bonds is 1. The summed E-state index contributed by atoms with van der Waals surface area (Å²) in [7, 11) is 0. The Morgan fingerprint density at radius 2 is 1.45 bits per heavy atom. The minimum atomic E-state index is -4.73. The van der Waals surface area contributed by atoms with Crippen molar-refractivity contribution in [3.63, 3.8) is 0 Å². The summed E-state index contributed by atoms with van der Waals surface area (Å²) in [6.45, 7) is 0. The lowest BCUT2D eigenvalue weighted by molar-refractivity contribution is -0.137. The molecular formula is C12H4ClF6N. The molecule has 0 saturated heterocycles. The Morgan fingerprint density at radius 3 is 2.05 bits per heavy atom. The van der Waals surface area contributed by atoms with Gasteiger partial charge in [0.15, 0.2) is 11.6 Å². The van der Waals surface area contributed by atoms with Gasteiger partial charge in [-0.15, -0.1) is 0 Å². The molecule has 0 aliphatic rings. The average Bonchev–Trinajstić information content (AvgIpc) is 2.32. The summed E-state index contributed by atoms with van der Waals surface area (Å²) in [6.07, 6.45) is -4.73. The van der Waals surface area contributed by atoms with Crippen molar-refractivity contribution in [2.75, 3.05) is 0 Å². The van der Waals surface area contributed by atoms with Crippen LogP contribution < -0.4 is 0 Å². The predicted molar refractivity (Wildman–Crippen MR) is 59.6 cm³/mol. The van der Waals surface area contributed by atoms with Crippen molar-refractivity contribution in [3.05, 3.63) is 52.4 Å². The predicted octanol–water partition coefficient (Wildman–Crippen LogP) is 4.84. The van der Waals surface area contributed by atoms with E-state index in [1.807, 2.05) is 0 Å². The van der Waals surface area contributed by atoms with E-state index in [2.05, 4.69) is 4.98 Å². The molecule has 0 atom stereocenters. The third-order valence-electron chi connectivity index (χ3n) is 2.41. The largest absolute Gasteiger partial charge is 0.416 e. The maximum Gasteiger partial charge on any atom is 0.416 e. The maximum absolute atomic E-state index is 13.5. The van der Waals surface area contributed by atoms with E-state index >= 15 is 0 Å². The van der Waals surface area contributed by atoms with Crippen LogP contribution in [0.15, 0.2) is 24.3 Å². The van der Waals surface area contributed by atoms with Crippen LogP contribution in [0.1, 0.15) is 5.56 Å². The van der Waals surface area contributed by atoms with Crippen LogP contribution in [0.3, 0.4) is 0 Å². The van der Waals surface area contributed by atoms with Gasteiger partial charge in [-0.1, -0.05) is 11.6 Å². The number of halogens is 7. The fourth-order valence-electron chi connectivity index (χ4n) is 1.52. The van der Waals surface area contributed by atoms with Gasteiger partial charge in [-0.3, -0.25) is 0 Å². The molecule has 0 bridgehead atoms. The molecule has 1 nitrogen and oxygen atoms in total. The van der Waals surface area contributed by atoms with E-state index in [-0.39, 0.29) is 6.07 Å². The first-order chi connectivity index (χ1) is 9.18. The number of hydrogen-bond donors (Lipinski definition) is 0. The standard InChI is InChI=1S/C12H4ClF6N/c13-11-2-5(12(17,18)19)1-10(20-11)6-3-8(15)9(16)4-7(6)14/h1-4H. The number of hydrogen-bond acceptors (Lipinski definition) is 1. The quantitative estimate of drug-likeness (QED) is 0.417. The van der Waals surface area contributed by atoms with Gasteiger partial charge >= 0.3 is 6.18 Å². The van der Waals surface area contributed by atoms with E-state index in [0.29, 0.717) is 18.2 Å². The van der Waals surface area contributed by atoms with Crippen LogP contribution >= 0.6 is 11.6 Å². The first kappa shape index (κ1) is 14.6. The molecule has 106 valence electrons. The van der Waals surface area contributed by atoms with Crippen LogP contribution in [0.4, 0.5) is 26.3 Å². The Balaban J connectivity index is 2.64. The van der Waals surface area contributed by atoms with Gasteiger partial charge in [0.1, 0.15) is 11.0 Å². The van der Waals surface area contributed by atoms with Crippen LogP contribution in [-0.2, 0) is 6.18 Å². The van der Waals surface area contributed by atoms with Crippen LogP contribution in [0.25, 0.3) is 11.3 Å². The number of alkyl halides is 3. The minimum absolute atomic E-state index is 0.223. The molecule has 0 amide bonds. The Morgan fingerprint density at radius 1 is 0.850 bits per heavy atom. The highest BCUT2D eigenvalue weighted by molar-refractivity contribution is 6.29. The Labute approximate surface area is 113 Å². The van der Waals surface area contributed by atoms with E-state index in [9.17, 15) is 26.3 Å². The second-order valence-corrected chi connectivity index (χ2v) is 4.19. The summed E-state index contributed by atoms with van der Waals surface area (Å²) in [5.41, 5.74) is -2.32. The summed E-state index contributed by atoms with van der Waals surface area (Å²) in [4.78, 5) is 3.49. The Kier molecular flexibility index (Phi) is 3.64. The van der Waals surface area contributed by atoms with Gasteiger partial charge in [-0.05, 0) is 18.2 Å². The topological polar surface area (TPSA) is 12.9 Å². The highest BCUT2D eigenvalue weighted by atomic mass is 35.5. The van der Waals surface area contributed by atoms with Crippen molar-refractivity contribution in [2.24, 2.45) is 0 Å². The zero-order valence-electron chi connectivity index (χ0n) is 9.40. The first-order valence-corrected chi connectivity index (χ1v) is 5.46. The molecule has 0 radical (unpaired) electrons. The second kappa shape index (κ2) is 4.97. The molecule has 0 fully saturated rings. The summed E-state index contributed by atoms with van der Waals surface area (Å²) in [6, 6.07) is 1.69. The van der Waals surface area contributed by atoms with E-state index in [1.165, 1.54) is 0 Å². The van der Waals surface area contributed by atoms with Crippen molar-refractivity contribution in [1.29, 1.82) is 0 Å². The van der Waals surface area contributed by atoms with Crippen LogP contribution in [-0.4, -0.2) is 4.98 Å². The molecule has 1 aromatic carbocycles. The SMILES string of the molecule is Fc1cc(F)c(-c2cc(C(F)(F)F)cc(Cl)n2)cc1F. The zero-order valence-corrected chi connectivity index (χ0v) is 10.2. The molecule has 1 aromatic heterocycles. The fourth-order valence-corrected chi connectivity index (χ4v) is 1.73. The molecular weight excluding hydrogens is 308 g/mol. The molecule has 20 heavy (non-hydrogen) atoms. The molecule has 2 rings (SSSR count). The summed E-state index contributed by atoms with van der Waals surface area (Å²) in [5.74, 6) is -4.10. The lowest BCUT2D eigenvalue weighted by atomic mass is 10.1. The highest BCUT2D eigenvalue weighted by Crippen LogP contribution is 2.34. The smallest absolute Gasteiger partial charge is 0.236 e. The van der Waals surface area contributed by atoms with E-state index in [1.54, 1.807) is 0 Å². The van der Waals surface area contributed by atoms with Crippen molar-refractivity contribution < 1.29 is 26.3 Å². The molecule has 0 aliphatic heterocycles. The third-order valence-corrected chi connectivity index (χ3v) is 2.60. The van der Waals surface area contributed by atoms with Gasteiger partial charge in [0.05, 0.1) is 11.3 Å². The molecule has 0 unspecified atom stereocenters. The number of benzene rings is 1. The summed E-state index contributed by atoms with van der Waals surface area (Å²) >= 11 is 5.43. The highest BCUT2D eigenvalue weighted by Gasteiger charge is 2.32. The number of pyridine rings is 1. The van der Waals surface area contributed by atoms with E-state index < -0.39 is 45.6 Å². The number of nitrogens with zero attached hydrogens (tertiary/aromatic N) is 1. The van der Waals surface area contributed by atoms with Crippen molar-refractivity contribution in [3.8, 4) is 11.3 Å². The van der Waals surface area contributed by atoms with Crippen molar-refractivity contribution >= 4 is 11.6 Å². The van der Waals surface area contributed by atoms with Gasteiger partial charge in [0.2, 0.25) is 0 Å². The van der Waals surface area contributed by atoms with Crippen LogP contribution in [0.5, 0.6) is 0 Å². The zero-order chi connectivity index (χ0) is 15.1. The molecule has 0 spiro atoms. The first-order valence-electron chi connectivity index (χ1n) is 5.08. The molecule has 0 aliphatic carbocycles. The number of aromatic nitrogens is 1. The average molecular weight is 312 g/mol. The Hall–Kier alpha value is -1.76. The fraction of sp³-hybridized carbons (Fsp3) is 0.0833. The monoisotopic (exact) mass is 311 g/mol. The molecule has 1 heterocycles. The van der Waals surface area contributed by atoms with Crippen molar-refractivity contribution in [2.45, 2.75) is 6.18 Å². The lowest BCUT2D eigenvalue weighted by Crippen LogP contribution is -2.06. The second-order valence-electron chi connectivity index (χ2n) is 3.81. The summed E-state index contributed by atoms with van der Waals surface area (Å²) in [5, 5.41) is -0.543. The van der Waals surface area contributed by atoms with Gasteiger partial charge in [0.25, 0.3) is 0 Å². The van der Waals surface area contributed by atoms with Gasteiger partial charge < -0.3 is 0 Å².